The Hall–Kier alpha value is -2.10. The minimum Gasteiger partial charge on any atom is -0.340 e. The zero-order valence-corrected chi connectivity index (χ0v) is 12.0. The highest BCUT2D eigenvalue weighted by atomic mass is 16.1. The zero-order chi connectivity index (χ0) is 14.1. The molecule has 1 aromatic carbocycles. The summed E-state index contributed by atoms with van der Waals surface area (Å²) in [4.78, 5) is 19.0. The number of fused-ring (bicyclic) bond motifs is 1. The van der Waals surface area contributed by atoms with Gasteiger partial charge in [0, 0.05) is 30.9 Å². The van der Waals surface area contributed by atoms with Gasteiger partial charge in [0.1, 0.15) is 0 Å². The molecule has 0 saturated heterocycles. The van der Waals surface area contributed by atoms with Crippen LogP contribution in [0.25, 0.3) is 0 Å². The highest BCUT2D eigenvalue weighted by Crippen LogP contribution is 2.18. The smallest absolute Gasteiger partial charge is 0.258 e. The van der Waals surface area contributed by atoms with E-state index in [-0.39, 0.29) is 5.56 Å². The molecule has 1 aliphatic rings. The lowest BCUT2D eigenvalue weighted by molar-refractivity contribution is 0.739. The molecule has 0 fully saturated rings. The van der Waals surface area contributed by atoms with E-state index in [4.69, 9.17) is 0 Å². The second kappa shape index (κ2) is 5.12. The standard InChI is InChI=1S/C16H19N3O/c1-12-13(2)17-16-18(10-11-19(16)15(12)20)9-8-14-6-4-3-5-7-14/h3-7H,8-11H2,1-2H3. The van der Waals surface area contributed by atoms with E-state index in [0.29, 0.717) is 0 Å². The predicted octanol–water partition coefficient (Wildman–Crippen LogP) is 1.92. The summed E-state index contributed by atoms with van der Waals surface area (Å²) in [5, 5.41) is 0. The number of anilines is 1. The Kier molecular flexibility index (Phi) is 3.30. The van der Waals surface area contributed by atoms with Crippen molar-refractivity contribution in [3.8, 4) is 0 Å². The van der Waals surface area contributed by atoms with Crippen LogP contribution in [0.1, 0.15) is 16.8 Å². The summed E-state index contributed by atoms with van der Waals surface area (Å²) in [6, 6.07) is 10.4. The van der Waals surface area contributed by atoms with E-state index in [9.17, 15) is 4.79 Å². The number of benzene rings is 1. The highest BCUT2D eigenvalue weighted by Gasteiger charge is 2.22. The molecule has 0 atom stereocenters. The van der Waals surface area contributed by atoms with Crippen LogP contribution in [0.4, 0.5) is 5.95 Å². The van der Waals surface area contributed by atoms with E-state index in [1.54, 1.807) is 4.57 Å². The number of hydrogen-bond donors (Lipinski definition) is 0. The van der Waals surface area contributed by atoms with E-state index in [1.165, 1.54) is 5.56 Å². The lowest BCUT2D eigenvalue weighted by Crippen LogP contribution is -2.26. The van der Waals surface area contributed by atoms with Gasteiger partial charge in [0.05, 0.1) is 0 Å². The summed E-state index contributed by atoms with van der Waals surface area (Å²) in [5.74, 6) is 0.828. The lowest BCUT2D eigenvalue weighted by Gasteiger charge is -2.17. The van der Waals surface area contributed by atoms with Crippen molar-refractivity contribution < 1.29 is 0 Å². The summed E-state index contributed by atoms with van der Waals surface area (Å²) in [6.45, 7) is 6.28. The van der Waals surface area contributed by atoms with Gasteiger partial charge >= 0.3 is 0 Å². The van der Waals surface area contributed by atoms with Gasteiger partial charge in [-0.2, -0.15) is 0 Å². The number of aromatic nitrogens is 2. The van der Waals surface area contributed by atoms with Crippen molar-refractivity contribution in [2.45, 2.75) is 26.8 Å². The van der Waals surface area contributed by atoms with Gasteiger partial charge in [-0.05, 0) is 25.8 Å². The summed E-state index contributed by atoms with van der Waals surface area (Å²) in [5.41, 5.74) is 3.03. The Labute approximate surface area is 118 Å². The maximum absolute atomic E-state index is 12.2. The van der Waals surface area contributed by atoms with E-state index < -0.39 is 0 Å². The van der Waals surface area contributed by atoms with Crippen LogP contribution < -0.4 is 10.5 Å². The average Bonchev–Trinajstić information content (AvgIpc) is 2.87. The topological polar surface area (TPSA) is 38.1 Å². The first-order valence-corrected chi connectivity index (χ1v) is 7.04. The fourth-order valence-corrected chi connectivity index (χ4v) is 2.63. The molecule has 2 aromatic rings. The zero-order valence-electron chi connectivity index (χ0n) is 12.0. The van der Waals surface area contributed by atoms with E-state index in [0.717, 1.165) is 43.3 Å². The van der Waals surface area contributed by atoms with Crippen LogP contribution in [0, 0.1) is 13.8 Å². The van der Waals surface area contributed by atoms with Crippen LogP contribution in [-0.2, 0) is 13.0 Å². The fraction of sp³-hybridized carbons (Fsp3) is 0.375. The van der Waals surface area contributed by atoms with E-state index in [2.05, 4.69) is 34.1 Å². The van der Waals surface area contributed by atoms with Gasteiger partial charge in [-0.15, -0.1) is 0 Å². The van der Waals surface area contributed by atoms with Gasteiger partial charge in [-0.1, -0.05) is 30.3 Å². The molecule has 0 spiro atoms. The van der Waals surface area contributed by atoms with Crippen molar-refractivity contribution in [3.05, 3.63) is 57.5 Å². The van der Waals surface area contributed by atoms with E-state index in [1.807, 2.05) is 19.9 Å². The molecule has 3 rings (SSSR count). The second-order valence-corrected chi connectivity index (χ2v) is 5.30. The van der Waals surface area contributed by atoms with Crippen molar-refractivity contribution in [1.82, 2.24) is 9.55 Å². The van der Waals surface area contributed by atoms with Gasteiger partial charge in [0.25, 0.3) is 5.56 Å². The van der Waals surface area contributed by atoms with Crippen LogP contribution >= 0.6 is 0 Å². The van der Waals surface area contributed by atoms with Crippen LogP contribution in [0.2, 0.25) is 0 Å². The Balaban J connectivity index is 1.82. The van der Waals surface area contributed by atoms with Gasteiger partial charge in [0.2, 0.25) is 5.95 Å². The Morgan fingerprint density at radius 1 is 1.15 bits per heavy atom. The molecule has 0 N–H and O–H groups in total. The van der Waals surface area contributed by atoms with Crippen LogP contribution in [0.3, 0.4) is 0 Å². The van der Waals surface area contributed by atoms with Crippen molar-refractivity contribution >= 4 is 5.95 Å². The fourth-order valence-electron chi connectivity index (χ4n) is 2.63. The molecule has 0 radical (unpaired) electrons. The molecule has 4 heteroatoms. The summed E-state index contributed by atoms with van der Waals surface area (Å²) < 4.78 is 1.80. The van der Waals surface area contributed by atoms with Crippen molar-refractivity contribution in [1.29, 1.82) is 0 Å². The lowest BCUT2D eigenvalue weighted by atomic mass is 10.1. The van der Waals surface area contributed by atoms with Gasteiger partial charge in [0.15, 0.2) is 0 Å². The molecule has 2 heterocycles. The minimum absolute atomic E-state index is 0.106. The Bertz CT molecular complexity index is 676. The Morgan fingerprint density at radius 2 is 1.90 bits per heavy atom. The van der Waals surface area contributed by atoms with Crippen molar-refractivity contribution in [2.24, 2.45) is 0 Å². The largest absolute Gasteiger partial charge is 0.340 e. The molecule has 1 aromatic heterocycles. The maximum Gasteiger partial charge on any atom is 0.258 e. The SMILES string of the molecule is Cc1nc2n(c(=O)c1C)CCN2CCc1ccccc1. The van der Waals surface area contributed by atoms with Gasteiger partial charge in [-0.3, -0.25) is 9.36 Å². The average molecular weight is 269 g/mol. The predicted molar refractivity (Wildman–Crippen MR) is 80.3 cm³/mol. The number of hydrogen-bond acceptors (Lipinski definition) is 3. The third-order valence-electron chi connectivity index (χ3n) is 4.01. The molecule has 0 amide bonds. The molecule has 0 bridgehead atoms. The minimum atomic E-state index is 0.106. The molecule has 4 nitrogen and oxygen atoms in total. The molecule has 0 aliphatic carbocycles. The maximum atomic E-state index is 12.2. The van der Waals surface area contributed by atoms with Gasteiger partial charge in [-0.25, -0.2) is 4.98 Å². The van der Waals surface area contributed by atoms with Crippen LogP contribution in [0.5, 0.6) is 0 Å². The number of nitrogens with zero attached hydrogens (tertiary/aromatic N) is 3. The molecule has 1 aliphatic heterocycles. The second-order valence-electron chi connectivity index (χ2n) is 5.30. The van der Waals surface area contributed by atoms with Crippen molar-refractivity contribution in [2.75, 3.05) is 18.0 Å². The monoisotopic (exact) mass is 269 g/mol. The van der Waals surface area contributed by atoms with Crippen LogP contribution in [-0.4, -0.2) is 22.6 Å². The first-order chi connectivity index (χ1) is 9.66. The molecule has 0 saturated carbocycles. The first-order valence-electron chi connectivity index (χ1n) is 7.04. The molecule has 20 heavy (non-hydrogen) atoms. The number of aryl methyl sites for hydroxylation is 1. The third-order valence-corrected chi connectivity index (χ3v) is 4.01. The normalized spacial score (nSPS) is 13.6. The summed E-state index contributed by atoms with van der Waals surface area (Å²) >= 11 is 0. The van der Waals surface area contributed by atoms with Gasteiger partial charge < -0.3 is 4.90 Å². The summed E-state index contributed by atoms with van der Waals surface area (Å²) in [6.07, 6.45) is 0.976. The molecular formula is C16H19N3O. The summed E-state index contributed by atoms with van der Waals surface area (Å²) in [7, 11) is 0. The molecule has 104 valence electrons. The number of rotatable bonds is 3. The molecular weight excluding hydrogens is 250 g/mol. The van der Waals surface area contributed by atoms with Crippen molar-refractivity contribution in [3.63, 3.8) is 0 Å². The molecule has 0 unspecified atom stereocenters. The first kappa shape index (κ1) is 12.9. The quantitative estimate of drug-likeness (QED) is 0.854. The third kappa shape index (κ3) is 2.22. The van der Waals surface area contributed by atoms with Crippen LogP contribution in [0.15, 0.2) is 35.1 Å². The highest BCUT2D eigenvalue weighted by molar-refractivity contribution is 5.38. The van der Waals surface area contributed by atoms with E-state index >= 15 is 0 Å². The Morgan fingerprint density at radius 3 is 2.65 bits per heavy atom.